The number of aromatic nitrogens is 2. The molecule has 2 rings (SSSR count). The lowest BCUT2D eigenvalue weighted by molar-refractivity contribution is 0.667. The predicted octanol–water partition coefficient (Wildman–Crippen LogP) is 1.82. The van der Waals surface area contributed by atoms with Gasteiger partial charge in [0.2, 0.25) is 0 Å². The Balaban J connectivity index is 0.000000461. The van der Waals surface area contributed by atoms with E-state index in [2.05, 4.69) is 29.9 Å². The molecule has 1 atom stereocenters. The van der Waals surface area contributed by atoms with E-state index >= 15 is 0 Å². The summed E-state index contributed by atoms with van der Waals surface area (Å²) in [6.45, 7) is 8.41. The van der Waals surface area contributed by atoms with E-state index in [9.17, 15) is 0 Å². The van der Waals surface area contributed by atoms with Crippen molar-refractivity contribution in [2.24, 2.45) is 5.92 Å². The van der Waals surface area contributed by atoms with Crippen molar-refractivity contribution in [3.8, 4) is 0 Å². The molecule has 14 heavy (non-hydrogen) atoms. The van der Waals surface area contributed by atoms with Crippen LogP contribution in [-0.4, -0.2) is 9.97 Å². The number of fused-ring (bicyclic) bond motifs is 1. The molecule has 1 aliphatic rings. The molecule has 2 nitrogen and oxygen atoms in total. The maximum absolute atomic E-state index is 4.28. The lowest BCUT2D eigenvalue weighted by Gasteiger charge is -2.12. The summed E-state index contributed by atoms with van der Waals surface area (Å²) in [6.07, 6.45) is 6.47. The predicted molar refractivity (Wildman–Crippen MR) is 61.1 cm³/mol. The Morgan fingerprint density at radius 3 is 2.86 bits per heavy atom. The van der Waals surface area contributed by atoms with Crippen LogP contribution in [0.2, 0.25) is 0 Å². The van der Waals surface area contributed by atoms with E-state index in [1.54, 1.807) is 6.33 Å². The van der Waals surface area contributed by atoms with Crippen molar-refractivity contribution in [1.82, 2.24) is 9.97 Å². The molecule has 2 heteroatoms. The first-order chi connectivity index (χ1) is 6.81. The molecule has 1 aromatic heterocycles. The molecule has 0 spiro atoms. The van der Waals surface area contributed by atoms with Crippen LogP contribution in [0.5, 0.6) is 0 Å². The van der Waals surface area contributed by atoms with Crippen LogP contribution in [0, 0.1) is 5.92 Å². The minimum atomic E-state index is 0.706. The maximum atomic E-state index is 4.28. The van der Waals surface area contributed by atoms with Crippen molar-refractivity contribution >= 4 is 11.6 Å². The third kappa shape index (κ3) is 2.06. The van der Waals surface area contributed by atoms with Crippen molar-refractivity contribution in [2.45, 2.75) is 40.5 Å². The number of imidazole rings is 1. The van der Waals surface area contributed by atoms with Gasteiger partial charge in [-0.15, -0.1) is 0 Å². The summed E-state index contributed by atoms with van der Waals surface area (Å²) in [7, 11) is 0. The van der Waals surface area contributed by atoms with Crippen LogP contribution in [0.15, 0.2) is 6.33 Å². The molecule has 1 heterocycles. The zero-order valence-electron chi connectivity index (χ0n) is 9.59. The van der Waals surface area contributed by atoms with Crippen molar-refractivity contribution in [1.29, 1.82) is 0 Å². The van der Waals surface area contributed by atoms with Gasteiger partial charge in [-0.05, 0) is 31.3 Å². The lowest BCUT2D eigenvalue weighted by atomic mass is 9.94. The first kappa shape index (κ1) is 11.0. The molecule has 0 bridgehead atoms. The normalized spacial score (nSPS) is 19.1. The minimum Gasteiger partial charge on any atom is -0.345 e. The van der Waals surface area contributed by atoms with E-state index in [0.29, 0.717) is 5.92 Å². The first-order valence-corrected chi connectivity index (χ1v) is 5.52. The second-order valence-corrected chi connectivity index (χ2v) is 3.48. The molecule has 0 amide bonds. The Labute approximate surface area is 85.8 Å². The number of nitrogens with zero attached hydrogens (tertiary/aromatic N) is 1. The zero-order valence-corrected chi connectivity index (χ0v) is 9.59. The van der Waals surface area contributed by atoms with Gasteiger partial charge in [0.15, 0.2) is 0 Å². The van der Waals surface area contributed by atoms with E-state index in [1.807, 2.05) is 13.8 Å². The number of H-pyrrole nitrogens is 1. The minimum absolute atomic E-state index is 0.706. The molecule has 0 saturated heterocycles. The molecule has 0 saturated carbocycles. The molecule has 0 unspecified atom stereocenters. The molecular weight excluding hydrogens is 172 g/mol. The standard InChI is InChI=1S/C10H14N2.C2H6/c1-3-8-4-7(2)10-9(5-8)11-6-12-10;1-2/h5-6,8H,3-4H2,1-2H3,(H,11,12);1-2H3/t8-;/m1./s1. The average molecular weight is 192 g/mol. The van der Waals surface area contributed by atoms with E-state index in [4.69, 9.17) is 0 Å². The van der Waals surface area contributed by atoms with Crippen LogP contribution >= 0.6 is 0 Å². The monoisotopic (exact) mass is 192 g/mol. The van der Waals surface area contributed by atoms with Gasteiger partial charge in [0.05, 0.1) is 17.0 Å². The van der Waals surface area contributed by atoms with Crippen LogP contribution in [0.25, 0.3) is 11.6 Å². The highest BCUT2D eigenvalue weighted by Gasteiger charge is 2.10. The Bertz CT molecular complexity index is 387. The third-order valence-corrected chi connectivity index (χ3v) is 2.57. The fourth-order valence-electron chi connectivity index (χ4n) is 1.82. The molecular formula is C12H20N2. The van der Waals surface area contributed by atoms with Crippen LogP contribution in [-0.2, 0) is 0 Å². The van der Waals surface area contributed by atoms with E-state index < -0.39 is 0 Å². The number of rotatable bonds is 1. The first-order valence-electron chi connectivity index (χ1n) is 5.52. The van der Waals surface area contributed by atoms with Crippen molar-refractivity contribution in [2.75, 3.05) is 0 Å². The highest BCUT2D eigenvalue weighted by Crippen LogP contribution is 2.17. The van der Waals surface area contributed by atoms with Crippen LogP contribution in [0.4, 0.5) is 0 Å². The largest absolute Gasteiger partial charge is 0.345 e. The smallest absolute Gasteiger partial charge is 0.0931 e. The topological polar surface area (TPSA) is 28.7 Å². The van der Waals surface area contributed by atoms with Gasteiger partial charge in [0, 0.05) is 0 Å². The van der Waals surface area contributed by atoms with E-state index in [-0.39, 0.29) is 0 Å². The molecule has 0 aromatic carbocycles. The summed E-state index contributed by atoms with van der Waals surface area (Å²) in [4.78, 5) is 7.45. The SMILES string of the molecule is CC.CC[C@H]1C=c2[nH]cnc2=C(C)C1. The molecule has 0 radical (unpaired) electrons. The van der Waals surface area contributed by atoms with Gasteiger partial charge < -0.3 is 4.98 Å². The molecule has 1 N–H and O–H groups in total. The third-order valence-electron chi connectivity index (χ3n) is 2.57. The highest BCUT2D eigenvalue weighted by molar-refractivity contribution is 5.47. The Kier molecular flexibility index (Phi) is 3.93. The van der Waals surface area contributed by atoms with Gasteiger partial charge in [-0.1, -0.05) is 26.8 Å². The number of hydrogen-bond acceptors (Lipinski definition) is 1. The quantitative estimate of drug-likeness (QED) is 0.722. The molecule has 1 aromatic rings. The fraction of sp³-hybridized carbons (Fsp3) is 0.583. The number of nitrogens with one attached hydrogen (secondary N) is 1. The molecule has 0 fully saturated rings. The molecule has 1 aliphatic carbocycles. The van der Waals surface area contributed by atoms with Crippen LogP contribution in [0.1, 0.15) is 40.5 Å². The van der Waals surface area contributed by atoms with E-state index in [1.165, 1.54) is 29.1 Å². The summed E-state index contributed by atoms with van der Waals surface area (Å²) < 4.78 is 0. The maximum Gasteiger partial charge on any atom is 0.0931 e. The van der Waals surface area contributed by atoms with Gasteiger partial charge in [-0.25, -0.2) is 4.98 Å². The summed E-state index contributed by atoms with van der Waals surface area (Å²) in [5, 5.41) is 2.38. The summed E-state index contributed by atoms with van der Waals surface area (Å²) in [5.41, 5.74) is 1.42. The highest BCUT2D eigenvalue weighted by atomic mass is 14.9. The van der Waals surface area contributed by atoms with Gasteiger partial charge in [-0.3, -0.25) is 0 Å². The molecule has 78 valence electrons. The van der Waals surface area contributed by atoms with Crippen molar-refractivity contribution in [3.05, 3.63) is 17.0 Å². The van der Waals surface area contributed by atoms with Crippen molar-refractivity contribution < 1.29 is 0 Å². The van der Waals surface area contributed by atoms with Crippen molar-refractivity contribution in [3.63, 3.8) is 0 Å². The summed E-state index contributed by atoms with van der Waals surface area (Å²) in [6, 6.07) is 0. The Morgan fingerprint density at radius 2 is 2.21 bits per heavy atom. The Hall–Kier alpha value is -1.05. The van der Waals surface area contributed by atoms with Gasteiger partial charge in [0.25, 0.3) is 0 Å². The number of aromatic amines is 1. The second-order valence-electron chi connectivity index (χ2n) is 3.48. The van der Waals surface area contributed by atoms with Crippen LogP contribution in [0.3, 0.4) is 0 Å². The lowest BCUT2D eigenvalue weighted by Crippen LogP contribution is -2.31. The Morgan fingerprint density at radius 1 is 1.50 bits per heavy atom. The van der Waals surface area contributed by atoms with Gasteiger partial charge in [-0.2, -0.15) is 0 Å². The summed E-state index contributed by atoms with van der Waals surface area (Å²) in [5.74, 6) is 0.706. The van der Waals surface area contributed by atoms with Gasteiger partial charge >= 0.3 is 0 Å². The second kappa shape index (κ2) is 4.99. The number of hydrogen-bond donors (Lipinski definition) is 1. The van der Waals surface area contributed by atoms with Gasteiger partial charge in [0.1, 0.15) is 0 Å². The average Bonchev–Trinajstić information content (AvgIpc) is 2.69. The zero-order chi connectivity index (χ0) is 10.6. The van der Waals surface area contributed by atoms with E-state index in [0.717, 1.165) is 0 Å². The fourth-order valence-corrected chi connectivity index (χ4v) is 1.82. The molecule has 0 aliphatic heterocycles. The summed E-state index contributed by atoms with van der Waals surface area (Å²) >= 11 is 0. The van der Waals surface area contributed by atoms with Crippen LogP contribution < -0.4 is 10.7 Å².